The van der Waals surface area contributed by atoms with E-state index < -0.39 is 38.3 Å². The predicted octanol–water partition coefficient (Wildman–Crippen LogP) is -6.63. The lowest BCUT2D eigenvalue weighted by atomic mass is 8.44. The van der Waals surface area contributed by atoms with Gasteiger partial charge in [-0.25, -0.2) is 0 Å². The van der Waals surface area contributed by atoms with Crippen LogP contribution in [0.4, 0.5) is 0 Å². The minimum absolute atomic E-state index is 0.306. The van der Waals surface area contributed by atoms with Crippen LogP contribution in [0.15, 0.2) is 0 Å². The highest BCUT2D eigenvalue weighted by Crippen LogP contribution is 2.00. The monoisotopic (exact) mass is 178 g/mol. The SMILES string of the molecule is [B]B([B])B(B([B])[B])B(B([B])[B])B([B])B([BH])[BH]. The first-order chi connectivity index (χ1) is 7.20. The summed E-state index contributed by atoms with van der Waals surface area (Å²) in [5, 5.41) is 0. The number of rotatable bonds is 6. The van der Waals surface area contributed by atoms with Gasteiger partial charge >= 0.3 is 0 Å². The van der Waals surface area contributed by atoms with E-state index in [1.807, 2.05) is 0 Å². The maximum atomic E-state index is 5.93. The van der Waals surface area contributed by atoms with Gasteiger partial charge in [0.05, 0.1) is 0 Å². The molecule has 0 atom stereocenters. The highest BCUT2D eigenvalue weighted by atomic mass is 13.2. The third-order valence-electron chi connectivity index (χ3n) is 2.77. The van der Waals surface area contributed by atoms with E-state index >= 15 is 0 Å². The van der Waals surface area contributed by atoms with E-state index in [2.05, 4.69) is 15.5 Å². The second-order valence-electron chi connectivity index (χ2n) is 4.22. The van der Waals surface area contributed by atoms with Crippen LogP contribution in [0.1, 0.15) is 0 Å². The lowest BCUT2D eigenvalue weighted by Gasteiger charge is -2.37. The maximum Gasteiger partial charge on any atom is 0.0326 e. The van der Waals surface area contributed by atoms with Crippen LogP contribution in [0.5, 0.6) is 0 Å². The van der Waals surface area contributed by atoms with Crippen LogP contribution in [-0.4, -0.2) is 114 Å². The molecule has 0 nitrogen and oxygen atoms in total. The fourth-order valence-corrected chi connectivity index (χ4v) is 1.85. The molecule has 0 heterocycles. The number of hydrogen-bond acceptors (Lipinski definition) is 0. The van der Waals surface area contributed by atoms with E-state index in [9.17, 15) is 0 Å². The first-order valence-corrected chi connectivity index (χ1v) is 5.15. The quantitative estimate of drug-likeness (QED) is 0.352. The molecule has 0 bridgehead atoms. The van der Waals surface area contributed by atoms with Crippen LogP contribution in [0.25, 0.3) is 0 Å². The molecule has 0 saturated carbocycles. The molecule has 0 aliphatic rings. The fourth-order valence-electron chi connectivity index (χ4n) is 1.85. The minimum atomic E-state index is -0.746. The van der Waals surface area contributed by atoms with Crippen LogP contribution >= 0.6 is 0 Å². The average molecular weight is 175 g/mol. The van der Waals surface area contributed by atoms with Gasteiger partial charge in [-0.2, -0.15) is 0 Å². The molecule has 0 spiro atoms. The van der Waals surface area contributed by atoms with Gasteiger partial charge in [-0.1, -0.05) is 0 Å². The highest BCUT2D eigenvalue weighted by Gasteiger charge is 2.38. The summed E-state index contributed by atoms with van der Waals surface area (Å²) >= 11 is 0. The van der Waals surface area contributed by atoms with E-state index in [1.165, 1.54) is 0 Å². The number of hydrogen-bond donors (Lipinski definition) is 0. The standard InChI is InChI=1S/B16H2/c1-10(2)14(9)16(13(7)8)15(11(3)4)12(5)6/h1-2H. The Labute approximate surface area is 114 Å². The molecule has 0 aromatic rings. The molecule has 0 aliphatic carbocycles. The van der Waals surface area contributed by atoms with Crippen molar-refractivity contribution < 1.29 is 0 Å². The topological polar surface area (TPSA) is 0 Å². The molecule has 16 radical (unpaired) electrons. The first kappa shape index (κ1) is 17.0. The smallest absolute Gasteiger partial charge is 0.0000000000131 e. The van der Waals surface area contributed by atoms with Crippen LogP contribution in [-0.2, 0) is 0 Å². The van der Waals surface area contributed by atoms with E-state index in [4.69, 9.17) is 54.2 Å². The van der Waals surface area contributed by atoms with Crippen LogP contribution < -0.4 is 0 Å². The van der Waals surface area contributed by atoms with Gasteiger partial charge in [0.2, 0.25) is 0 Å². The molecule has 0 unspecified atom stereocenters. The van der Waals surface area contributed by atoms with E-state index in [1.54, 1.807) is 0 Å². The average Bonchev–Trinajstić information content (AvgIpc) is 2.10. The Balaban J connectivity index is 5.00. The summed E-state index contributed by atoms with van der Waals surface area (Å²) in [4.78, 5) is 0. The Hall–Kier alpha value is 1.04. The third-order valence-corrected chi connectivity index (χ3v) is 2.77. The molecule has 0 aromatic heterocycles. The van der Waals surface area contributed by atoms with Crippen molar-refractivity contribution in [2.75, 3.05) is 0 Å². The van der Waals surface area contributed by atoms with Crippen molar-refractivity contribution in [2.24, 2.45) is 0 Å². The van der Waals surface area contributed by atoms with Crippen molar-refractivity contribution in [3.8, 4) is 0 Å². The Kier molecular flexibility index (Phi) is 7.95. The van der Waals surface area contributed by atoms with Gasteiger partial charge in [0.15, 0.2) is 0 Å². The van der Waals surface area contributed by atoms with Crippen molar-refractivity contribution in [2.45, 2.75) is 0 Å². The van der Waals surface area contributed by atoms with Crippen LogP contribution in [0.3, 0.4) is 0 Å². The van der Waals surface area contributed by atoms with Gasteiger partial charge < -0.3 is 0 Å². The summed E-state index contributed by atoms with van der Waals surface area (Å²) in [7, 11) is 47.2. The highest BCUT2D eigenvalue weighted by molar-refractivity contribution is 8.13. The van der Waals surface area contributed by atoms with Crippen molar-refractivity contribution in [3.63, 3.8) is 0 Å². The van der Waals surface area contributed by atoms with Gasteiger partial charge in [0.25, 0.3) is 0 Å². The minimum Gasteiger partial charge on any atom is 0.0000000000131 e. The molecule has 16 heteroatoms. The lowest BCUT2D eigenvalue weighted by molar-refractivity contribution is 3.38. The van der Waals surface area contributed by atoms with E-state index in [-0.39, 0.29) is 6.39 Å². The Morgan fingerprint density at radius 1 is 0.562 bits per heavy atom. The summed E-state index contributed by atoms with van der Waals surface area (Å²) in [6.07, 6.45) is -3.90. The fraction of sp³-hybridized carbons (Fsp3) is 0. The second kappa shape index (κ2) is 7.47. The summed E-state index contributed by atoms with van der Waals surface area (Å²) < 4.78 is 0. The van der Waals surface area contributed by atoms with Crippen molar-refractivity contribution >= 4 is 114 Å². The van der Waals surface area contributed by atoms with Crippen molar-refractivity contribution in [1.82, 2.24) is 0 Å². The molecule has 0 aromatic carbocycles. The largest absolute Gasteiger partial charge is 0.0326 e. The van der Waals surface area contributed by atoms with Crippen LogP contribution in [0, 0.1) is 0 Å². The zero-order chi connectivity index (χ0) is 13.0. The lowest BCUT2D eigenvalue weighted by Crippen LogP contribution is -2.75. The van der Waals surface area contributed by atoms with E-state index in [0.717, 1.165) is 0 Å². The second-order valence-corrected chi connectivity index (χ2v) is 4.22. The van der Waals surface area contributed by atoms with Gasteiger partial charge in [0, 0.05) is 114 Å². The molecule has 0 fully saturated rings. The first-order valence-electron chi connectivity index (χ1n) is 5.15. The van der Waals surface area contributed by atoms with Crippen molar-refractivity contribution in [1.29, 1.82) is 0 Å². The normalized spacial score (nSPS) is 9.00. The van der Waals surface area contributed by atoms with Gasteiger partial charge in [-0.15, -0.1) is 0 Å². The molecular weight excluding hydrogens is 173 g/mol. The zero-order valence-electron chi connectivity index (χ0n) is 9.50. The Bertz CT molecular complexity index is 168. The Morgan fingerprint density at radius 2 is 0.875 bits per heavy atom. The molecular formula is H2B16. The van der Waals surface area contributed by atoms with Gasteiger partial charge in [0.1, 0.15) is 0 Å². The summed E-state index contributed by atoms with van der Waals surface area (Å²) in [6, 6.07) is 0. The molecule has 0 amide bonds. The third kappa shape index (κ3) is 4.73. The maximum absolute atomic E-state index is 5.93. The summed E-state index contributed by atoms with van der Waals surface area (Å²) in [5.74, 6) is 0. The van der Waals surface area contributed by atoms with Gasteiger partial charge in [-0.05, 0) is 0 Å². The molecule has 50 valence electrons. The van der Waals surface area contributed by atoms with Crippen molar-refractivity contribution in [3.05, 3.63) is 0 Å². The van der Waals surface area contributed by atoms with Crippen LogP contribution in [0.2, 0.25) is 0 Å². The molecule has 0 N–H and O–H groups in total. The molecule has 0 saturated heterocycles. The predicted molar refractivity (Wildman–Crippen MR) is 94.9 cm³/mol. The van der Waals surface area contributed by atoms with E-state index in [0.29, 0.717) is 0 Å². The summed E-state index contributed by atoms with van der Waals surface area (Å²) in [5.41, 5.74) is 0. The molecule has 0 rings (SSSR count). The summed E-state index contributed by atoms with van der Waals surface area (Å²) in [6.45, 7) is 0. The molecule has 16 heavy (non-hydrogen) atoms. The molecule has 0 aliphatic heterocycles. The Morgan fingerprint density at radius 3 is 1.06 bits per heavy atom. The van der Waals surface area contributed by atoms with Gasteiger partial charge in [-0.3, -0.25) is 0 Å². The zero-order valence-corrected chi connectivity index (χ0v) is 9.50.